The van der Waals surface area contributed by atoms with Crippen molar-refractivity contribution >= 4 is 23.5 Å². The van der Waals surface area contributed by atoms with Crippen LogP contribution in [0, 0.1) is 0 Å². The number of phenolic OH excluding ortho intramolecular Hbond substituents is 2. The molecule has 5 rings (SSSR count). The van der Waals surface area contributed by atoms with Gasteiger partial charge in [0.05, 0.1) is 11.8 Å². The summed E-state index contributed by atoms with van der Waals surface area (Å²) in [6.07, 6.45) is 0. The molecule has 0 unspecified atom stereocenters. The van der Waals surface area contributed by atoms with Crippen molar-refractivity contribution in [2.75, 3.05) is 14.1 Å². The molecule has 32 heavy (non-hydrogen) atoms. The Labute approximate surface area is 185 Å². The largest absolute Gasteiger partial charge is 0.508 e. The maximum absolute atomic E-state index is 13.8. The van der Waals surface area contributed by atoms with Crippen molar-refractivity contribution in [3.05, 3.63) is 59.7 Å². The van der Waals surface area contributed by atoms with Crippen molar-refractivity contribution in [2.45, 2.75) is 36.8 Å². The highest BCUT2D eigenvalue weighted by molar-refractivity contribution is 6.16. The van der Waals surface area contributed by atoms with Crippen LogP contribution in [0.25, 0.3) is 0 Å². The van der Waals surface area contributed by atoms with Crippen LogP contribution >= 0.6 is 0 Å². The number of amidine groups is 2. The van der Waals surface area contributed by atoms with Crippen molar-refractivity contribution in [3.63, 3.8) is 0 Å². The summed E-state index contributed by atoms with van der Waals surface area (Å²) in [7, 11) is 3.33. The number of aromatic hydroxyl groups is 2. The molecule has 0 aromatic heterocycles. The summed E-state index contributed by atoms with van der Waals surface area (Å²) >= 11 is 0. The first-order valence-electron chi connectivity index (χ1n) is 10.4. The number of nitrogens with zero attached hydrogens (tertiary/aromatic N) is 4. The molecular formula is C24H24N4O4. The molecule has 2 aromatic carbocycles. The Balaban J connectivity index is 1.85. The molecule has 2 aliphatic heterocycles. The van der Waals surface area contributed by atoms with Gasteiger partial charge >= 0.3 is 0 Å². The van der Waals surface area contributed by atoms with E-state index in [4.69, 9.17) is 9.98 Å². The first kappa shape index (κ1) is 20.2. The summed E-state index contributed by atoms with van der Waals surface area (Å²) < 4.78 is 0. The molecule has 164 valence electrons. The van der Waals surface area contributed by atoms with Gasteiger partial charge in [0.1, 0.15) is 23.2 Å². The molecule has 1 aliphatic carbocycles. The number of hydrogen-bond donors (Lipinski definition) is 2. The van der Waals surface area contributed by atoms with E-state index in [-0.39, 0.29) is 23.3 Å². The lowest BCUT2D eigenvalue weighted by Gasteiger charge is -2.60. The molecule has 8 nitrogen and oxygen atoms in total. The number of rotatable bonds is 2. The summed E-state index contributed by atoms with van der Waals surface area (Å²) in [5.41, 5.74) is -1.43. The molecular weight excluding hydrogens is 408 g/mol. The Kier molecular flexibility index (Phi) is 4.06. The standard InChI is InChI=1S/C24H24N4O4/c1-13-25-23(21(31)27(13)3)19(15-7-5-9-17(29)11-15)24(22(32)28(4)14(2)26-24)20(23)16-8-6-10-18(30)12-16/h5-12,19-20,29-30H,1-4H3. The number of carbonyl (C=O) groups excluding carboxylic acids is 2. The average Bonchev–Trinajstić information content (AvgIpc) is 3.10. The number of hydrogen-bond acceptors (Lipinski definition) is 6. The fourth-order valence-corrected chi connectivity index (χ4v) is 5.70. The second-order valence-electron chi connectivity index (χ2n) is 8.75. The molecule has 1 saturated carbocycles. The number of likely N-dealkylation sites (N-methyl/N-ethyl adjacent to an activating group) is 2. The van der Waals surface area contributed by atoms with E-state index in [0.717, 1.165) is 0 Å². The molecule has 8 heteroatoms. The second kappa shape index (κ2) is 6.41. The summed E-state index contributed by atoms with van der Waals surface area (Å²) in [6.45, 7) is 3.52. The smallest absolute Gasteiger partial charge is 0.257 e. The van der Waals surface area contributed by atoms with Gasteiger partial charge in [-0.15, -0.1) is 0 Å². The highest BCUT2D eigenvalue weighted by atomic mass is 16.3. The minimum Gasteiger partial charge on any atom is -0.508 e. The Morgan fingerprint density at radius 2 is 1.12 bits per heavy atom. The summed E-state index contributed by atoms with van der Waals surface area (Å²) in [5, 5.41) is 20.4. The molecule has 0 atom stereocenters. The Morgan fingerprint density at radius 1 is 0.750 bits per heavy atom. The summed E-state index contributed by atoms with van der Waals surface area (Å²) in [6, 6.07) is 13.2. The van der Waals surface area contributed by atoms with E-state index in [2.05, 4.69) is 0 Å². The lowest BCUT2D eigenvalue weighted by atomic mass is 9.43. The van der Waals surface area contributed by atoms with Crippen LogP contribution < -0.4 is 0 Å². The summed E-state index contributed by atoms with van der Waals surface area (Å²) in [4.78, 5) is 40.3. The van der Waals surface area contributed by atoms with Crippen molar-refractivity contribution < 1.29 is 19.8 Å². The van der Waals surface area contributed by atoms with E-state index in [0.29, 0.717) is 22.8 Å². The van der Waals surface area contributed by atoms with Crippen LogP contribution in [0.2, 0.25) is 0 Å². The highest BCUT2D eigenvalue weighted by Crippen LogP contribution is 2.69. The number of carbonyl (C=O) groups is 2. The van der Waals surface area contributed by atoms with Crippen LogP contribution in [0.1, 0.15) is 36.8 Å². The van der Waals surface area contributed by atoms with E-state index in [1.807, 2.05) is 0 Å². The fourth-order valence-electron chi connectivity index (χ4n) is 5.70. The third-order valence-electron chi connectivity index (χ3n) is 7.13. The van der Waals surface area contributed by atoms with E-state index in [1.165, 1.54) is 9.80 Å². The van der Waals surface area contributed by atoms with Crippen LogP contribution in [-0.4, -0.2) is 68.7 Å². The van der Waals surface area contributed by atoms with Crippen LogP contribution in [0.5, 0.6) is 11.5 Å². The van der Waals surface area contributed by atoms with E-state index in [1.54, 1.807) is 76.5 Å². The first-order valence-corrected chi connectivity index (χ1v) is 10.4. The molecule has 0 bridgehead atoms. The van der Waals surface area contributed by atoms with Gasteiger partial charge in [0.15, 0.2) is 11.1 Å². The quantitative estimate of drug-likeness (QED) is 0.759. The minimum atomic E-state index is -1.33. The molecule has 2 amide bonds. The SMILES string of the molecule is CC1=NC2(C(=O)N1C)C(c1cccc(O)c1)C1(N=C(C)N(C)C1=O)C2c1cccc(O)c1. The first-order chi connectivity index (χ1) is 15.1. The predicted octanol–water partition coefficient (Wildman–Crippen LogP) is 2.24. The Bertz CT molecular complexity index is 1130. The van der Waals surface area contributed by atoms with Gasteiger partial charge in [-0.3, -0.25) is 19.6 Å². The van der Waals surface area contributed by atoms with Crippen LogP contribution in [0.15, 0.2) is 58.5 Å². The number of aliphatic imine (C=N–C) groups is 2. The van der Waals surface area contributed by atoms with Gasteiger partial charge in [0.25, 0.3) is 11.8 Å². The zero-order valence-electron chi connectivity index (χ0n) is 18.3. The van der Waals surface area contributed by atoms with E-state index < -0.39 is 22.9 Å². The molecule has 2 spiro atoms. The van der Waals surface area contributed by atoms with Gasteiger partial charge in [-0.25, -0.2) is 0 Å². The van der Waals surface area contributed by atoms with E-state index >= 15 is 0 Å². The van der Waals surface area contributed by atoms with Crippen molar-refractivity contribution in [1.29, 1.82) is 0 Å². The fraction of sp³-hybridized carbons (Fsp3) is 0.333. The van der Waals surface area contributed by atoms with Crippen molar-refractivity contribution in [3.8, 4) is 11.5 Å². The molecule has 2 aromatic rings. The highest BCUT2D eigenvalue weighted by Gasteiger charge is 2.82. The zero-order valence-corrected chi connectivity index (χ0v) is 18.3. The van der Waals surface area contributed by atoms with Gasteiger partial charge in [-0.05, 0) is 49.2 Å². The monoisotopic (exact) mass is 432 g/mol. The topological polar surface area (TPSA) is 106 Å². The van der Waals surface area contributed by atoms with Gasteiger partial charge in [0, 0.05) is 14.1 Å². The predicted molar refractivity (Wildman–Crippen MR) is 119 cm³/mol. The maximum Gasteiger partial charge on any atom is 0.257 e. The second-order valence-corrected chi connectivity index (χ2v) is 8.75. The van der Waals surface area contributed by atoms with Gasteiger partial charge in [-0.1, -0.05) is 24.3 Å². The average molecular weight is 432 g/mol. The number of amides is 2. The minimum absolute atomic E-state index is 0.0348. The van der Waals surface area contributed by atoms with Crippen LogP contribution in [0.3, 0.4) is 0 Å². The van der Waals surface area contributed by atoms with Gasteiger partial charge in [0.2, 0.25) is 0 Å². The molecule has 0 radical (unpaired) electrons. The normalized spacial score (nSPS) is 31.4. The molecule has 2 N–H and O–H groups in total. The van der Waals surface area contributed by atoms with Gasteiger partial charge < -0.3 is 20.0 Å². The third kappa shape index (κ3) is 2.26. The van der Waals surface area contributed by atoms with E-state index in [9.17, 15) is 19.8 Å². The Hall–Kier alpha value is -3.68. The molecule has 0 saturated heterocycles. The Morgan fingerprint density at radius 3 is 1.41 bits per heavy atom. The van der Waals surface area contributed by atoms with Crippen LogP contribution in [-0.2, 0) is 9.59 Å². The molecule has 1 fully saturated rings. The van der Waals surface area contributed by atoms with Crippen molar-refractivity contribution in [1.82, 2.24) is 9.80 Å². The maximum atomic E-state index is 13.8. The zero-order chi connectivity index (χ0) is 23.0. The third-order valence-corrected chi connectivity index (χ3v) is 7.13. The lowest BCUT2D eigenvalue weighted by Crippen LogP contribution is -2.74. The summed E-state index contributed by atoms with van der Waals surface area (Å²) in [5.74, 6) is -0.780. The van der Waals surface area contributed by atoms with Gasteiger partial charge in [-0.2, -0.15) is 0 Å². The van der Waals surface area contributed by atoms with Crippen molar-refractivity contribution in [2.24, 2.45) is 9.98 Å². The lowest BCUT2D eigenvalue weighted by molar-refractivity contribution is -0.149. The molecule has 2 heterocycles. The number of benzene rings is 2. The van der Waals surface area contributed by atoms with Crippen LogP contribution in [0.4, 0.5) is 0 Å². The molecule has 3 aliphatic rings. The number of phenols is 2.